The highest BCUT2D eigenvalue weighted by Crippen LogP contribution is 2.22. The molecule has 0 aliphatic carbocycles. The van der Waals surface area contributed by atoms with Gasteiger partial charge in [0.25, 0.3) is 0 Å². The lowest BCUT2D eigenvalue weighted by molar-refractivity contribution is -0.131. The van der Waals surface area contributed by atoms with Crippen LogP contribution in [-0.4, -0.2) is 28.9 Å². The van der Waals surface area contributed by atoms with Gasteiger partial charge in [-0.25, -0.2) is 4.98 Å². The van der Waals surface area contributed by atoms with Crippen LogP contribution in [0.1, 0.15) is 51.6 Å². The van der Waals surface area contributed by atoms with Crippen LogP contribution in [0.15, 0.2) is 18.2 Å². The van der Waals surface area contributed by atoms with Crippen molar-refractivity contribution in [3.63, 3.8) is 0 Å². The van der Waals surface area contributed by atoms with Gasteiger partial charge in [0, 0.05) is 19.5 Å². The number of hydrogen-bond donors (Lipinski definition) is 1. The summed E-state index contributed by atoms with van der Waals surface area (Å²) in [5, 5.41) is 3.30. The molecule has 2 heterocycles. The fourth-order valence-corrected chi connectivity index (χ4v) is 2.78. The van der Waals surface area contributed by atoms with E-state index in [9.17, 15) is 4.79 Å². The molecule has 1 fully saturated rings. The summed E-state index contributed by atoms with van der Waals surface area (Å²) in [6.07, 6.45) is 5.10. The number of nitrogens with zero attached hydrogens (tertiary/aromatic N) is 2. The zero-order chi connectivity index (χ0) is 15.1. The standard InChI is InChI=1S/C17H27N3O/c1-3-11-18-16-7-5-6-15(19-16)13-20-12-10-14(4-2)8-9-17(20)21/h5-7,14H,3-4,8-13H2,1-2H3,(H,18,19). The maximum Gasteiger partial charge on any atom is 0.222 e. The maximum absolute atomic E-state index is 12.2. The largest absolute Gasteiger partial charge is 0.370 e. The molecule has 1 N–H and O–H groups in total. The number of hydrogen-bond acceptors (Lipinski definition) is 3. The van der Waals surface area contributed by atoms with Gasteiger partial charge in [0.15, 0.2) is 0 Å². The van der Waals surface area contributed by atoms with Crippen LogP contribution in [0.3, 0.4) is 0 Å². The average molecular weight is 289 g/mol. The van der Waals surface area contributed by atoms with Gasteiger partial charge in [-0.05, 0) is 37.3 Å². The van der Waals surface area contributed by atoms with E-state index in [1.54, 1.807) is 0 Å². The van der Waals surface area contributed by atoms with Crippen molar-refractivity contribution in [2.45, 2.75) is 52.5 Å². The van der Waals surface area contributed by atoms with Crippen molar-refractivity contribution in [3.8, 4) is 0 Å². The minimum Gasteiger partial charge on any atom is -0.370 e. The maximum atomic E-state index is 12.2. The van der Waals surface area contributed by atoms with Gasteiger partial charge in [0.05, 0.1) is 12.2 Å². The van der Waals surface area contributed by atoms with Crippen LogP contribution in [0.2, 0.25) is 0 Å². The number of amides is 1. The van der Waals surface area contributed by atoms with Gasteiger partial charge in [-0.15, -0.1) is 0 Å². The zero-order valence-electron chi connectivity index (χ0n) is 13.3. The Balaban J connectivity index is 1.98. The molecule has 1 atom stereocenters. The van der Waals surface area contributed by atoms with Crippen LogP contribution < -0.4 is 5.32 Å². The lowest BCUT2D eigenvalue weighted by atomic mass is 9.98. The molecule has 1 aliphatic rings. The highest BCUT2D eigenvalue weighted by Gasteiger charge is 2.21. The second kappa shape index (κ2) is 8.01. The second-order valence-corrected chi connectivity index (χ2v) is 5.86. The summed E-state index contributed by atoms with van der Waals surface area (Å²) in [5.41, 5.74) is 0.972. The van der Waals surface area contributed by atoms with Crippen molar-refractivity contribution in [3.05, 3.63) is 23.9 Å². The van der Waals surface area contributed by atoms with Gasteiger partial charge >= 0.3 is 0 Å². The molecule has 0 aromatic carbocycles. The molecular weight excluding hydrogens is 262 g/mol. The summed E-state index contributed by atoms with van der Waals surface area (Å²) < 4.78 is 0. The molecule has 1 saturated heterocycles. The smallest absolute Gasteiger partial charge is 0.222 e. The SMILES string of the molecule is CCCNc1cccc(CN2CCC(CC)CCC2=O)n1. The summed E-state index contributed by atoms with van der Waals surface area (Å²) in [6, 6.07) is 6.00. The molecule has 1 amide bonds. The fraction of sp³-hybridized carbons (Fsp3) is 0.647. The summed E-state index contributed by atoms with van der Waals surface area (Å²) >= 11 is 0. The molecule has 0 saturated carbocycles. The number of pyridine rings is 1. The highest BCUT2D eigenvalue weighted by atomic mass is 16.2. The molecule has 116 valence electrons. The first kappa shape index (κ1) is 15.8. The van der Waals surface area contributed by atoms with Crippen molar-refractivity contribution in [1.82, 2.24) is 9.88 Å². The summed E-state index contributed by atoms with van der Waals surface area (Å²) in [4.78, 5) is 18.8. The summed E-state index contributed by atoms with van der Waals surface area (Å²) in [7, 11) is 0. The Hall–Kier alpha value is -1.58. The zero-order valence-corrected chi connectivity index (χ0v) is 13.3. The first-order chi connectivity index (χ1) is 10.2. The lowest BCUT2D eigenvalue weighted by Gasteiger charge is -2.20. The quantitative estimate of drug-likeness (QED) is 0.872. The van der Waals surface area contributed by atoms with E-state index in [0.717, 1.165) is 43.9 Å². The van der Waals surface area contributed by atoms with Crippen LogP contribution in [0, 0.1) is 5.92 Å². The molecule has 1 aliphatic heterocycles. The fourth-order valence-electron chi connectivity index (χ4n) is 2.78. The van der Waals surface area contributed by atoms with Crippen LogP contribution in [0.25, 0.3) is 0 Å². The molecule has 1 aromatic heterocycles. The Morgan fingerprint density at radius 1 is 1.33 bits per heavy atom. The third kappa shape index (κ3) is 4.73. The second-order valence-electron chi connectivity index (χ2n) is 5.86. The first-order valence-electron chi connectivity index (χ1n) is 8.20. The number of anilines is 1. The summed E-state index contributed by atoms with van der Waals surface area (Å²) in [6.45, 7) is 6.78. The van der Waals surface area contributed by atoms with Crippen molar-refractivity contribution in [2.75, 3.05) is 18.4 Å². The lowest BCUT2D eigenvalue weighted by Crippen LogP contribution is -2.30. The van der Waals surface area contributed by atoms with E-state index in [4.69, 9.17) is 0 Å². The van der Waals surface area contributed by atoms with Crippen molar-refractivity contribution >= 4 is 11.7 Å². The Kier molecular flexibility index (Phi) is 6.03. The monoisotopic (exact) mass is 289 g/mol. The number of carbonyl (C=O) groups excluding carboxylic acids is 1. The average Bonchev–Trinajstić information content (AvgIpc) is 2.68. The van der Waals surface area contributed by atoms with Crippen LogP contribution in [-0.2, 0) is 11.3 Å². The van der Waals surface area contributed by atoms with E-state index in [1.807, 2.05) is 23.1 Å². The van der Waals surface area contributed by atoms with E-state index >= 15 is 0 Å². The number of likely N-dealkylation sites (tertiary alicyclic amines) is 1. The highest BCUT2D eigenvalue weighted by molar-refractivity contribution is 5.76. The van der Waals surface area contributed by atoms with Gasteiger partial charge in [-0.2, -0.15) is 0 Å². The van der Waals surface area contributed by atoms with Gasteiger partial charge in [-0.3, -0.25) is 4.79 Å². The van der Waals surface area contributed by atoms with Gasteiger partial charge in [0.1, 0.15) is 5.82 Å². The minimum absolute atomic E-state index is 0.277. The van der Waals surface area contributed by atoms with Crippen LogP contribution in [0.5, 0.6) is 0 Å². The Labute approximate surface area is 127 Å². The molecule has 21 heavy (non-hydrogen) atoms. The molecule has 0 spiro atoms. The number of nitrogens with one attached hydrogen (secondary N) is 1. The van der Waals surface area contributed by atoms with E-state index in [-0.39, 0.29) is 5.91 Å². The van der Waals surface area contributed by atoms with Crippen molar-refractivity contribution in [2.24, 2.45) is 5.92 Å². The van der Waals surface area contributed by atoms with Crippen LogP contribution in [0.4, 0.5) is 5.82 Å². The topological polar surface area (TPSA) is 45.2 Å². The van der Waals surface area contributed by atoms with Gasteiger partial charge in [0.2, 0.25) is 5.91 Å². The van der Waals surface area contributed by atoms with E-state index < -0.39 is 0 Å². The molecule has 1 unspecified atom stereocenters. The number of aromatic nitrogens is 1. The number of carbonyl (C=O) groups is 1. The van der Waals surface area contributed by atoms with Crippen LogP contribution >= 0.6 is 0 Å². The molecule has 2 rings (SSSR count). The van der Waals surface area contributed by atoms with Crippen molar-refractivity contribution in [1.29, 1.82) is 0 Å². The van der Waals surface area contributed by atoms with E-state index in [2.05, 4.69) is 24.1 Å². The molecular formula is C17H27N3O. The predicted octanol–water partition coefficient (Wildman–Crippen LogP) is 3.44. The van der Waals surface area contributed by atoms with Crippen molar-refractivity contribution < 1.29 is 4.79 Å². The molecule has 4 nitrogen and oxygen atoms in total. The minimum atomic E-state index is 0.277. The Morgan fingerprint density at radius 2 is 2.19 bits per heavy atom. The molecule has 0 radical (unpaired) electrons. The third-order valence-electron chi connectivity index (χ3n) is 4.22. The van der Waals surface area contributed by atoms with E-state index in [0.29, 0.717) is 18.9 Å². The molecule has 1 aromatic rings. The van der Waals surface area contributed by atoms with E-state index in [1.165, 1.54) is 6.42 Å². The van der Waals surface area contributed by atoms with Gasteiger partial charge in [-0.1, -0.05) is 26.3 Å². The normalized spacial score (nSPS) is 19.4. The molecule has 0 bridgehead atoms. The Bertz CT molecular complexity index is 461. The molecule has 4 heteroatoms. The Morgan fingerprint density at radius 3 is 2.95 bits per heavy atom. The first-order valence-corrected chi connectivity index (χ1v) is 8.20. The third-order valence-corrected chi connectivity index (χ3v) is 4.22. The predicted molar refractivity (Wildman–Crippen MR) is 86.1 cm³/mol. The van der Waals surface area contributed by atoms with Gasteiger partial charge < -0.3 is 10.2 Å². The number of rotatable bonds is 6. The summed E-state index contributed by atoms with van der Waals surface area (Å²) in [5.74, 6) is 1.88.